The van der Waals surface area contributed by atoms with E-state index in [-0.39, 0.29) is 5.04 Å². The molecule has 0 bridgehead atoms. The molecule has 2 aromatic rings. The zero-order chi connectivity index (χ0) is 12.5. The number of furan rings is 1. The minimum atomic E-state index is -0.861. The fourth-order valence-electron chi connectivity index (χ4n) is 2.12. The van der Waals surface area contributed by atoms with Gasteiger partial charge in [0.05, 0.1) is 11.1 Å². The Hall–Kier alpha value is -1.28. The molecule has 1 nitrogen and oxygen atoms in total. The van der Waals surface area contributed by atoms with Crippen LogP contribution in [-0.4, -0.2) is 8.80 Å². The SMILES string of the molecule is Cc1ccc([Si](c2ccccc2)C(C)(C)C)o1. The molecule has 0 amide bonds. The van der Waals surface area contributed by atoms with Gasteiger partial charge in [0.15, 0.2) is 8.80 Å². The van der Waals surface area contributed by atoms with E-state index in [0.29, 0.717) is 0 Å². The van der Waals surface area contributed by atoms with Gasteiger partial charge >= 0.3 is 0 Å². The number of benzene rings is 1. The smallest absolute Gasteiger partial charge is 0.174 e. The second kappa shape index (κ2) is 4.53. The third kappa shape index (κ3) is 2.70. The molecule has 89 valence electrons. The van der Waals surface area contributed by atoms with Gasteiger partial charge in [0, 0.05) is 0 Å². The zero-order valence-electron chi connectivity index (χ0n) is 10.9. The van der Waals surface area contributed by atoms with Gasteiger partial charge in [0.2, 0.25) is 0 Å². The van der Waals surface area contributed by atoms with Crippen molar-refractivity contribution >= 4 is 19.4 Å². The normalized spacial score (nSPS) is 12.1. The van der Waals surface area contributed by atoms with E-state index in [1.165, 1.54) is 5.19 Å². The molecule has 0 saturated heterocycles. The van der Waals surface area contributed by atoms with Gasteiger partial charge in [-0.05, 0) is 24.1 Å². The average molecular weight is 243 g/mol. The molecule has 1 aromatic carbocycles. The van der Waals surface area contributed by atoms with E-state index in [1.807, 2.05) is 6.92 Å². The van der Waals surface area contributed by atoms with Crippen molar-refractivity contribution in [2.24, 2.45) is 0 Å². The van der Waals surface area contributed by atoms with Crippen LogP contribution in [0.4, 0.5) is 0 Å². The lowest BCUT2D eigenvalue weighted by Gasteiger charge is -2.27. The molecule has 0 N–H and O–H groups in total. The van der Waals surface area contributed by atoms with Gasteiger partial charge in [0.1, 0.15) is 0 Å². The van der Waals surface area contributed by atoms with Crippen molar-refractivity contribution in [1.29, 1.82) is 0 Å². The molecule has 0 spiro atoms. The largest absolute Gasteiger partial charge is 0.471 e. The molecule has 0 aliphatic rings. The van der Waals surface area contributed by atoms with Gasteiger partial charge in [-0.1, -0.05) is 56.3 Å². The number of hydrogen-bond acceptors (Lipinski definition) is 1. The fourth-order valence-corrected chi connectivity index (χ4v) is 5.05. The molecule has 17 heavy (non-hydrogen) atoms. The molecule has 1 radical (unpaired) electrons. The molecule has 0 saturated carbocycles. The predicted molar refractivity (Wildman–Crippen MR) is 74.6 cm³/mol. The molecular formula is C15H19OSi. The summed E-state index contributed by atoms with van der Waals surface area (Å²) in [5, 5.41) is 2.82. The number of hydrogen-bond donors (Lipinski definition) is 0. The number of rotatable bonds is 2. The van der Waals surface area contributed by atoms with Crippen LogP contribution < -0.4 is 10.6 Å². The van der Waals surface area contributed by atoms with E-state index in [4.69, 9.17) is 4.42 Å². The van der Waals surface area contributed by atoms with Crippen molar-refractivity contribution in [3.8, 4) is 0 Å². The van der Waals surface area contributed by atoms with Gasteiger partial charge in [-0.3, -0.25) is 0 Å². The Morgan fingerprint density at radius 3 is 2.06 bits per heavy atom. The van der Waals surface area contributed by atoms with Crippen molar-refractivity contribution in [1.82, 2.24) is 0 Å². The van der Waals surface area contributed by atoms with Gasteiger partial charge in [-0.25, -0.2) is 0 Å². The standard InChI is InChI=1S/C15H19OSi/c1-12-10-11-14(16-12)17(15(2,3)4)13-8-6-5-7-9-13/h5-11H,1-4H3. The number of aryl methyl sites for hydroxylation is 1. The molecule has 1 aromatic heterocycles. The van der Waals surface area contributed by atoms with Crippen LogP contribution in [0.3, 0.4) is 0 Å². The maximum Gasteiger partial charge on any atom is 0.174 e. The summed E-state index contributed by atoms with van der Waals surface area (Å²) >= 11 is 0. The molecule has 2 rings (SSSR count). The first-order valence-electron chi connectivity index (χ1n) is 5.98. The predicted octanol–water partition coefficient (Wildman–Crippen LogP) is 3.00. The Kier molecular flexibility index (Phi) is 3.25. The highest BCUT2D eigenvalue weighted by atomic mass is 28.3. The maximum absolute atomic E-state index is 5.87. The average Bonchev–Trinajstić information content (AvgIpc) is 2.64. The van der Waals surface area contributed by atoms with E-state index in [1.54, 1.807) is 0 Å². The third-order valence-corrected chi connectivity index (χ3v) is 5.97. The van der Waals surface area contributed by atoms with Crippen molar-refractivity contribution in [2.45, 2.75) is 32.7 Å². The molecule has 0 aliphatic carbocycles. The molecule has 0 atom stereocenters. The van der Waals surface area contributed by atoms with Crippen molar-refractivity contribution in [2.75, 3.05) is 0 Å². The van der Waals surface area contributed by atoms with Gasteiger partial charge in [-0.15, -0.1) is 0 Å². The van der Waals surface area contributed by atoms with Crippen molar-refractivity contribution in [3.63, 3.8) is 0 Å². The van der Waals surface area contributed by atoms with Crippen LogP contribution in [0.15, 0.2) is 46.9 Å². The van der Waals surface area contributed by atoms with E-state index < -0.39 is 8.80 Å². The summed E-state index contributed by atoms with van der Waals surface area (Å²) in [4.78, 5) is 0. The van der Waals surface area contributed by atoms with Crippen LogP contribution in [-0.2, 0) is 0 Å². The van der Waals surface area contributed by atoms with Crippen LogP contribution in [0.5, 0.6) is 0 Å². The Morgan fingerprint density at radius 1 is 0.941 bits per heavy atom. The highest BCUT2D eigenvalue weighted by Gasteiger charge is 2.32. The Bertz CT molecular complexity index is 479. The van der Waals surface area contributed by atoms with Crippen molar-refractivity contribution in [3.05, 3.63) is 48.2 Å². The van der Waals surface area contributed by atoms with Crippen LogP contribution >= 0.6 is 0 Å². The van der Waals surface area contributed by atoms with E-state index >= 15 is 0 Å². The van der Waals surface area contributed by atoms with Gasteiger partial charge < -0.3 is 4.42 Å². The Morgan fingerprint density at radius 2 is 1.59 bits per heavy atom. The maximum atomic E-state index is 5.87. The molecule has 0 unspecified atom stereocenters. The molecule has 0 aliphatic heterocycles. The van der Waals surface area contributed by atoms with Gasteiger partial charge in [0.25, 0.3) is 0 Å². The minimum absolute atomic E-state index is 0.246. The first-order chi connectivity index (χ1) is 7.98. The van der Waals surface area contributed by atoms with Crippen molar-refractivity contribution < 1.29 is 4.42 Å². The highest BCUT2D eigenvalue weighted by Crippen LogP contribution is 2.26. The molecule has 2 heteroatoms. The summed E-state index contributed by atoms with van der Waals surface area (Å²) in [5.74, 6) is 1.00. The van der Waals surface area contributed by atoms with Crippen LogP contribution in [0.2, 0.25) is 5.04 Å². The quantitative estimate of drug-likeness (QED) is 0.739. The zero-order valence-corrected chi connectivity index (χ0v) is 11.9. The first-order valence-corrected chi connectivity index (χ1v) is 7.48. The summed E-state index contributed by atoms with van der Waals surface area (Å²) in [6.45, 7) is 8.90. The fraction of sp³-hybridized carbons (Fsp3) is 0.333. The Balaban J connectivity index is 2.47. The molecule has 1 heterocycles. The minimum Gasteiger partial charge on any atom is -0.471 e. The van der Waals surface area contributed by atoms with Crippen LogP contribution in [0.25, 0.3) is 0 Å². The summed E-state index contributed by atoms with van der Waals surface area (Å²) in [7, 11) is -0.861. The highest BCUT2D eigenvalue weighted by molar-refractivity contribution is 6.86. The van der Waals surface area contributed by atoms with E-state index in [9.17, 15) is 0 Å². The molecular weight excluding hydrogens is 224 g/mol. The first kappa shape index (κ1) is 12.2. The summed E-state index contributed by atoms with van der Waals surface area (Å²) < 4.78 is 5.87. The van der Waals surface area contributed by atoms with Crippen LogP contribution in [0.1, 0.15) is 26.5 Å². The topological polar surface area (TPSA) is 13.1 Å². The second-order valence-corrected chi connectivity index (χ2v) is 8.72. The van der Waals surface area contributed by atoms with E-state index in [0.717, 1.165) is 11.1 Å². The summed E-state index contributed by atoms with van der Waals surface area (Å²) in [5.41, 5.74) is 0. The lowest BCUT2D eigenvalue weighted by Crippen LogP contribution is -2.48. The third-order valence-electron chi connectivity index (χ3n) is 2.80. The Labute approximate surface area is 105 Å². The molecule has 0 fully saturated rings. The van der Waals surface area contributed by atoms with E-state index in [2.05, 4.69) is 63.2 Å². The van der Waals surface area contributed by atoms with Crippen LogP contribution in [0, 0.1) is 6.92 Å². The summed E-state index contributed by atoms with van der Waals surface area (Å²) in [6.07, 6.45) is 0. The lowest BCUT2D eigenvalue weighted by molar-refractivity contribution is 0.559. The monoisotopic (exact) mass is 243 g/mol. The lowest BCUT2D eigenvalue weighted by atomic mass is 10.2. The second-order valence-electron chi connectivity index (χ2n) is 5.40. The summed E-state index contributed by atoms with van der Waals surface area (Å²) in [6, 6.07) is 14.9. The van der Waals surface area contributed by atoms with Gasteiger partial charge in [-0.2, -0.15) is 0 Å².